The lowest BCUT2D eigenvalue weighted by atomic mass is 9.93. The molecule has 152 valence electrons. The van der Waals surface area contributed by atoms with Crippen molar-refractivity contribution >= 4 is 5.97 Å². The molecule has 0 fully saturated rings. The summed E-state index contributed by atoms with van der Waals surface area (Å²) in [4.78, 5) is 25.2. The van der Waals surface area contributed by atoms with Gasteiger partial charge < -0.3 is 23.9 Å². The Morgan fingerprint density at radius 1 is 1.21 bits per heavy atom. The zero-order valence-corrected chi connectivity index (χ0v) is 16.3. The van der Waals surface area contributed by atoms with Crippen LogP contribution in [-0.4, -0.2) is 27.9 Å². The number of hydrogen-bond donors (Lipinski definition) is 2. The molecule has 0 amide bonds. The topological polar surface area (TPSA) is 102 Å². The number of phenolic OH excluding ortho intramolecular Hbond substituents is 1. The molecule has 2 N–H and O–H groups in total. The van der Waals surface area contributed by atoms with Crippen LogP contribution in [-0.2, 0) is 22.5 Å². The maximum absolute atomic E-state index is 13.3. The minimum atomic E-state index is -0.759. The Hall–Kier alpha value is -3.48. The summed E-state index contributed by atoms with van der Waals surface area (Å²) in [6.45, 7) is 2.12. The number of pyridine rings is 1. The lowest BCUT2D eigenvalue weighted by Crippen LogP contribution is -2.29. The van der Waals surface area contributed by atoms with Crippen LogP contribution < -0.4 is 5.56 Å². The van der Waals surface area contributed by atoms with Crippen molar-refractivity contribution in [3.63, 3.8) is 0 Å². The van der Waals surface area contributed by atoms with E-state index >= 15 is 0 Å². The first-order valence-corrected chi connectivity index (χ1v) is 9.22. The number of carbonyl (C=O) groups excluding carboxylic acids is 1. The first kappa shape index (κ1) is 20.3. The molecule has 0 aliphatic carbocycles. The average molecular weight is 397 g/mol. The van der Waals surface area contributed by atoms with Gasteiger partial charge in [0.05, 0.1) is 31.3 Å². The largest absolute Gasteiger partial charge is 0.508 e. The first-order chi connectivity index (χ1) is 13.9. The Morgan fingerprint density at radius 3 is 2.55 bits per heavy atom. The highest BCUT2D eigenvalue weighted by Crippen LogP contribution is 2.32. The molecule has 0 aliphatic rings. The number of phenols is 1. The Kier molecular flexibility index (Phi) is 6.07. The molecule has 1 aromatic carbocycles. The number of aromatic hydroxyl groups is 2. The fraction of sp³-hybridized carbons (Fsp3) is 0.273. The highest BCUT2D eigenvalue weighted by Gasteiger charge is 2.28. The Labute approximate surface area is 167 Å². The number of nitrogens with zero attached hydrogens (tertiary/aromatic N) is 1. The number of aromatic nitrogens is 1. The third-order valence-corrected chi connectivity index (χ3v) is 4.92. The number of rotatable bonds is 7. The summed E-state index contributed by atoms with van der Waals surface area (Å²) >= 11 is 0. The van der Waals surface area contributed by atoms with Crippen molar-refractivity contribution in [2.75, 3.05) is 7.11 Å². The second kappa shape index (κ2) is 8.68. The van der Waals surface area contributed by atoms with E-state index in [4.69, 9.17) is 9.15 Å². The van der Waals surface area contributed by atoms with Crippen molar-refractivity contribution in [1.29, 1.82) is 0 Å². The number of ether oxygens (including phenoxy) is 1. The van der Waals surface area contributed by atoms with E-state index in [1.165, 1.54) is 19.4 Å². The minimum absolute atomic E-state index is 0.0988. The third kappa shape index (κ3) is 4.51. The summed E-state index contributed by atoms with van der Waals surface area (Å²) in [7, 11) is 1.27. The van der Waals surface area contributed by atoms with Gasteiger partial charge in [0, 0.05) is 12.2 Å². The molecule has 3 rings (SSSR count). The molecule has 3 aromatic rings. The van der Waals surface area contributed by atoms with E-state index in [9.17, 15) is 19.8 Å². The van der Waals surface area contributed by atoms with Crippen LogP contribution in [0.1, 0.15) is 34.9 Å². The number of aryl methyl sites for hydroxylation is 2. The Balaban J connectivity index is 1.99. The number of hydrogen-bond acceptors (Lipinski definition) is 6. The summed E-state index contributed by atoms with van der Waals surface area (Å²) in [6, 6.07) is 11.6. The number of benzene rings is 1. The molecule has 0 saturated heterocycles. The van der Waals surface area contributed by atoms with Gasteiger partial charge >= 0.3 is 5.97 Å². The molecule has 0 bridgehead atoms. The lowest BCUT2D eigenvalue weighted by Gasteiger charge is -2.18. The van der Waals surface area contributed by atoms with E-state index in [1.807, 2.05) is 0 Å². The normalized spacial score (nSPS) is 11.9. The van der Waals surface area contributed by atoms with Crippen molar-refractivity contribution in [3.05, 3.63) is 81.7 Å². The fourth-order valence-electron chi connectivity index (χ4n) is 3.36. The zero-order valence-electron chi connectivity index (χ0n) is 16.3. The van der Waals surface area contributed by atoms with Crippen LogP contribution in [0.2, 0.25) is 0 Å². The summed E-state index contributed by atoms with van der Waals surface area (Å²) in [5.41, 5.74) is 1.28. The third-order valence-electron chi connectivity index (χ3n) is 4.92. The Morgan fingerprint density at radius 2 is 1.93 bits per heavy atom. The molecule has 0 aliphatic heterocycles. The van der Waals surface area contributed by atoms with E-state index < -0.39 is 11.9 Å². The van der Waals surface area contributed by atoms with Crippen LogP contribution in [0.5, 0.6) is 11.5 Å². The van der Waals surface area contributed by atoms with E-state index in [-0.39, 0.29) is 29.0 Å². The van der Waals surface area contributed by atoms with E-state index in [2.05, 4.69) is 0 Å². The monoisotopic (exact) mass is 397 g/mol. The molecule has 2 aromatic heterocycles. The van der Waals surface area contributed by atoms with Crippen molar-refractivity contribution in [3.8, 4) is 11.5 Å². The number of esters is 1. The van der Waals surface area contributed by atoms with Gasteiger partial charge in [-0.15, -0.1) is 0 Å². The molecular formula is C22H23NO6. The molecule has 0 unspecified atom stereocenters. The number of furan rings is 1. The van der Waals surface area contributed by atoms with Crippen LogP contribution >= 0.6 is 0 Å². The van der Waals surface area contributed by atoms with Gasteiger partial charge in [0.15, 0.2) is 0 Å². The lowest BCUT2D eigenvalue weighted by molar-refractivity contribution is -0.140. The van der Waals surface area contributed by atoms with Crippen molar-refractivity contribution in [2.24, 2.45) is 0 Å². The van der Waals surface area contributed by atoms with Crippen LogP contribution in [0.4, 0.5) is 0 Å². The minimum Gasteiger partial charge on any atom is -0.508 e. The van der Waals surface area contributed by atoms with Crippen molar-refractivity contribution in [1.82, 2.24) is 4.57 Å². The smallest absolute Gasteiger partial charge is 0.306 e. The quantitative estimate of drug-likeness (QED) is 0.594. The molecule has 0 spiro atoms. The Bertz CT molecular complexity index is 1030. The standard InChI is InChI=1S/C22H23NO6/c1-14-12-18(25)21(17(13-20(26)28-2)19-4-3-11-29-19)22(27)23(14)10-9-15-5-7-16(24)8-6-15/h3-8,11-12,17,24-25H,9-10,13H2,1-2H3/t17-/m0/s1. The average Bonchev–Trinajstić information content (AvgIpc) is 3.22. The highest BCUT2D eigenvalue weighted by molar-refractivity contribution is 5.71. The van der Waals surface area contributed by atoms with Gasteiger partial charge in [0.1, 0.15) is 17.3 Å². The zero-order chi connectivity index (χ0) is 21.0. The molecular weight excluding hydrogens is 374 g/mol. The van der Waals surface area contributed by atoms with Crippen LogP contribution in [0, 0.1) is 6.92 Å². The van der Waals surface area contributed by atoms with Gasteiger partial charge in [0.25, 0.3) is 5.56 Å². The maximum Gasteiger partial charge on any atom is 0.306 e. The molecule has 0 saturated carbocycles. The SMILES string of the molecule is COC(=O)C[C@@H](c1ccco1)c1c(O)cc(C)n(CCc2ccc(O)cc2)c1=O. The van der Waals surface area contributed by atoms with Gasteiger partial charge in [-0.05, 0) is 49.2 Å². The first-order valence-electron chi connectivity index (χ1n) is 9.22. The van der Waals surface area contributed by atoms with Gasteiger partial charge in [-0.1, -0.05) is 12.1 Å². The van der Waals surface area contributed by atoms with Crippen molar-refractivity contribution < 1.29 is 24.2 Å². The van der Waals surface area contributed by atoms with Crippen molar-refractivity contribution in [2.45, 2.75) is 32.2 Å². The molecule has 2 heterocycles. The summed E-state index contributed by atoms with van der Waals surface area (Å²) in [6.07, 6.45) is 1.88. The predicted octanol–water partition coefficient (Wildman–Crippen LogP) is 3.10. The summed E-state index contributed by atoms with van der Waals surface area (Å²) < 4.78 is 11.7. The van der Waals surface area contributed by atoms with E-state index in [0.717, 1.165) is 5.56 Å². The number of methoxy groups -OCH3 is 1. The molecule has 29 heavy (non-hydrogen) atoms. The van der Waals surface area contributed by atoms with E-state index in [1.54, 1.807) is 47.9 Å². The molecule has 7 heteroatoms. The second-order valence-electron chi connectivity index (χ2n) is 6.81. The highest BCUT2D eigenvalue weighted by atomic mass is 16.5. The van der Waals surface area contributed by atoms with Gasteiger partial charge in [0.2, 0.25) is 0 Å². The van der Waals surface area contributed by atoms with Gasteiger partial charge in [-0.2, -0.15) is 0 Å². The number of carbonyl (C=O) groups is 1. The molecule has 0 radical (unpaired) electrons. The van der Waals surface area contributed by atoms with Gasteiger partial charge in [-0.25, -0.2) is 0 Å². The maximum atomic E-state index is 13.3. The van der Waals surface area contributed by atoms with E-state index in [0.29, 0.717) is 24.4 Å². The fourth-order valence-corrected chi connectivity index (χ4v) is 3.36. The van der Waals surface area contributed by atoms with Crippen LogP contribution in [0.15, 0.2) is 57.9 Å². The van der Waals surface area contributed by atoms with Crippen LogP contribution in [0.3, 0.4) is 0 Å². The van der Waals surface area contributed by atoms with Crippen LogP contribution in [0.25, 0.3) is 0 Å². The van der Waals surface area contributed by atoms with Gasteiger partial charge in [-0.3, -0.25) is 9.59 Å². The molecule has 1 atom stereocenters. The molecule has 7 nitrogen and oxygen atoms in total. The summed E-state index contributed by atoms with van der Waals surface area (Å²) in [5.74, 6) is -0.875. The predicted molar refractivity (Wildman–Crippen MR) is 106 cm³/mol. The second-order valence-corrected chi connectivity index (χ2v) is 6.81. The summed E-state index contributed by atoms with van der Waals surface area (Å²) in [5, 5.41) is 19.9.